The lowest BCUT2D eigenvalue weighted by Gasteiger charge is -2.08. The molecular formula is C11H14O5S. The summed E-state index contributed by atoms with van der Waals surface area (Å²) in [5.41, 5.74) is 0.347. The van der Waals surface area contributed by atoms with Gasteiger partial charge in [0.25, 0.3) is 0 Å². The molecule has 5 nitrogen and oxygen atoms in total. The zero-order valence-corrected chi connectivity index (χ0v) is 10.5. The first kappa shape index (κ1) is 13.6. The van der Waals surface area contributed by atoms with Gasteiger partial charge in [0, 0.05) is 0 Å². The second-order valence-electron chi connectivity index (χ2n) is 3.30. The zero-order chi connectivity index (χ0) is 12.8. The van der Waals surface area contributed by atoms with E-state index in [0.29, 0.717) is 23.5 Å². The summed E-state index contributed by atoms with van der Waals surface area (Å²) in [7, 11) is 1.29. The van der Waals surface area contributed by atoms with E-state index in [2.05, 4.69) is 4.74 Å². The fourth-order valence-corrected chi connectivity index (χ4v) is 2.24. The molecule has 0 fully saturated rings. The third-order valence-electron chi connectivity index (χ3n) is 2.21. The minimum atomic E-state index is -0.858. The first-order valence-electron chi connectivity index (χ1n) is 5.09. The van der Waals surface area contributed by atoms with Gasteiger partial charge in [-0.15, -0.1) is 11.8 Å². The van der Waals surface area contributed by atoms with Gasteiger partial charge < -0.3 is 14.3 Å². The zero-order valence-electron chi connectivity index (χ0n) is 9.63. The van der Waals surface area contributed by atoms with Crippen molar-refractivity contribution in [2.45, 2.75) is 24.3 Å². The number of methoxy groups -OCH3 is 1. The molecule has 1 N–H and O–H groups in total. The molecule has 0 radical (unpaired) electrons. The highest BCUT2D eigenvalue weighted by atomic mass is 32.2. The molecule has 1 rings (SSSR count). The van der Waals surface area contributed by atoms with Crippen LogP contribution >= 0.6 is 11.8 Å². The molecular weight excluding hydrogens is 244 g/mol. The smallest absolute Gasteiger partial charge is 0.341 e. The van der Waals surface area contributed by atoms with Crippen molar-refractivity contribution < 1.29 is 23.8 Å². The molecule has 94 valence electrons. The van der Waals surface area contributed by atoms with E-state index in [1.54, 1.807) is 6.92 Å². The Morgan fingerprint density at radius 1 is 1.59 bits per heavy atom. The van der Waals surface area contributed by atoms with Gasteiger partial charge >= 0.3 is 11.9 Å². The fraction of sp³-hybridized carbons (Fsp3) is 0.455. The van der Waals surface area contributed by atoms with Crippen molar-refractivity contribution in [2.75, 3.05) is 7.11 Å². The molecule has 0 amide bonds. The number of carboxylic acid groups (broad SMARTS) is 1. The van der Waals surface area contributed by atoms with Gasteiger partial charge in [0.2, 0.25) is 0 Å². The second-order valence-corrected chi connectivity index (χ2v) is 4.49. The molecule has 0 saturated carbocycles. The molecule has 0 bridgehead atoms. The van der Waals surface area contributed by atoms with Crippen molar-refractivity contribution in [1.29, 1.82) is 0 Å². The molecule has 0 aliphatic heterocycles. The van der Waals surface area contributed by atoms with Crippen LogP contribution in [0.1, 0.15) is 29.5 Å². The Morgan fingerprint density at radius 2 is 2.29 bits per heavy atom. The van der Waals surface area contributed by atoms with Gasteiger partial charge in [0.05, 0.1) is 19.1 Å². The third kappa shape index (κ3) is 3.52. The van der Waals surface area contributed by atoms with Crippen molar-refractivity contribution >= 4 is 23.7 Å². The first-order chi connectivity index (χ1) is 8.10. The highest BCUT2D eigenvalue weighted by Crippen LogP contribution is 2.23. The summed E-state index contributed by atoms with van der Waals surface area (Å²) in [5.74, 6) is -0.551. The molecule has 0 spiro atoms. The van der Waals surface area contributed by atoms with Crippen molar-refractivity contribution in [3.63, 3.8) is 0 Å². The SMILES string of the molecule is CCC(SCc1occc1C(=O)OC)C(=O)O. The van der Waals surface area contributed by atoms with Gasteiger partial charge in [-0.05, 0) is 12.5 Å². The van der Waals surface area contributed by atoms with Crippen LogP contribution in [0.2, 0.25) is 0 Å². The Balaban J connectivity index is 2.66. The Labute approximate surface area is 103 Å². The molecule has 1 unspecified atom stereocenters. The van der Waals surface area contributed by atoms with E-state index < -0.39 is 17.2 Å². The summed E-state index contributed by atoms with van der Waals surface area (Å²) in [6.45, 7) is 1.80. The largest absolute Gasteiger partial charge is 0.480 e. The Kier molecular flexibility index (Phi) is 5.09. The Hall–Kier alpha value is -1.43. The van der Waals surface area contributed by atoms with Crippen molar-refractivity contribution in [2.24, 2.45) is 0 Å². The van der Waals surface area contributed by atoms with Crippen LogP contribution in [0.3, 0.4) is 0 Å². The topological polar surface area (TPSA) is 76.7 Å². The summed E-state index contributed by atoms with van der Waals surface area (Å²) in [4.78, 5) is 22.2. The molecule has 0 saturated heterocycles. The monoisotopic (exact) mass is 258 g/mol. The molecule has 0 aliphatic carbocycles. The summed E-state index contributed by atoms with van der Waals surface area (Å²) in [5, 5.41) is 8.39. The molecule has 1 heterocycles. The number of carboxylic acids is 1. The van der Waals surface area contributed by atoms with E-state index in [1.807, 2.05) is 0 Å². The van der Waals surface area contributed by atoms with E-state index in [-0.39, 0.29) is 0 Å². The minimum absolute atomic E-state index is 0.336. The van der Waals surface area contributed by atoms with Gasteiger partial charge in [-0.2, -0.15) is 0 Å². The number of aliphatic carboxylic acids is 1. The lowest BCUT2D eigenvalue weighted by atomic mass is 10.3. The number of esters is 1. The number of hydrogen-bond acceptors (Lipinski definition) is 5. The first-order valence-corrected chi connectivity index (χ1v) is 6.14. The van der Waals surface area contributed by atoms with Crippen LogP contribution in [0.25, 0.3) is 0 Å². The van der Waals surface area contributed by atoms with E-state index >= 15 is 0 Å². The van der Waals surface area contributed by atoms with Crippen LogP contribution in [-0.4, -0.2) is 29.4 Å². The number of rotatable bonds is 6. The number of carbonyl (C=O) groups excluding carboxylic acids is 1. The van der Waals surface area contributed by atoms with Gasteiger partial charge in [0.1, 0.15) is 16.6 Å². The van der Waals surface area contributed by atoms with E-state index in [9.17, 15) is 9.59 Å². The number of hydrogen-bond donors (Lipinski definition) is 1. The average molecular weight is 258 g/mol. The van der Waals surface area contributed by atoms with Crippen molar-refractivity contribution in [3.05, 3.63) is 23.7 Å². The van der Waals surface area contributed by atoms with Crippen LogP contribution < -0.4 is 0 Å². The van der Waals surface area contributed by atoms with E-state index in [1.165, 1.54) is 31.2 Å². The van der Waals surface area contributed by atoms with Crippen LogP contribution in [-0.2, 0) is 15.3 Å². The maximum Gasteiger partial charge on any atom is 0.341 e. The number of carbonyl (C=O) groups is 2. The molecule has 17 heavy (non-hydrogen) atoms. The maximum absolute atomic E-state index is 11.3. The lowest BCUT2D eigenvalue weighted by Crippen LogP contribution is -2.15. The van der Waals surface area contributed by atoms with Gasteiger partial charge in [-0.3, -0.25) is 4.79 Å². The third-order valence-corrected chi connectivity index (χ3v) is 3.58. The number of thioether (sulfide) groups is 1. The Bertz CT molecular complexity index is 398. The predicted molar refractivity (Wildman–Crippen MR) is 63.1 cm³/mol. The van der Waals surface area contributed by atoms with Crippen molar-refractivity contribution in [1.82, 2.24) is 0 Å². The van der Waals surface area contributed by atoms with Crippen LogP contribution in [0, 0.1) is 0 Å². The van der Waals surface area contributed by atoms with Gasteiger partial charge in [-0.1, -0.05) is 6.92 Å². The standard InChI is InChI=1S/C11H14O5S/c1-3-9(10(12)13)17-6-8-7(4-5-16-8)11(14)15-2/h4-5,9H,3,6H2,1-2H3,(H,12,13). The number of ether oxygens (including phenoxy) is 1. The average Bonchev–Trinajstić information content (AvgIpc) is 2.76. The highest BCUT2D eigenvalue weighted by Gasteiger charge is 2.20. The highest BCUT2D eigenvalue weighted by molar-refractivity contribution is 7.99. The molecule has 6 heteroatoms. The van der Waals surface area contributed by atoms with Crippen LogP contribution in [0.4, 0.5) is 0 Å². The molecule has 0 aromatic carbocycles. The molecule has 1 aromatic heterocycles. The summed E-state index contributed by atoms with van der Waals surface area (Å²) < 4.78 is 9.74. The number of furan rings is 1. The second kappa shape index (κ2) is 6.34. The van der Waals surface area contributed by atoms with E-state index in [0.717, 1.165) is 0 Å². The summed E-state index contributed by atoms with van der Waals surface area (Å²) >= 11 is 1.23. The normalized spacial score (nSPS) is 12.1. The van der Waals surface area contributed by atoms with Crippen molar-refractivity contribution in [3.8, 4) is 0 Å². The predicted octanol–water partition coefficient (Wildman–Crippen LogP) is 2.16. The van der Waals surface area contributed by atoms with E-state index in [4.69, 9.17) is 9.52 Å². The Morgan fingerprint density at radius 3 is 2.82 bits per heavy atom. The van der Waals surface area contributed by atoms with Crippen LogP contribution in [0.15, 0.2) is 16.7 Å². The minimum Gasteiger partial charge on any atom is -0.480 e. The fourth-order valence-electron chi connectivity index (χ4n) is 1.28. The quantitative estimate of drug-likeness (QED) is 0.788. The maximum atomic E-state index is 11.3. The molecule has 1 aromatic rings. The lowest BCUT2D eigenvalue weighted by molar-refractivity contribution is -0.136. The van der Waals surface area contributed by atoms with Crippen LogP contribution in [0.5, 0.6) is 0 Å². The summed E-state index contributed by atoms with van der Waals surface area (Å²) in [6.07, 6.45) is 1.91. The van der Waals surface area contributed by atoms with Gasteiger partial charge in [0.15, 0.2) is 0 Å². The molecule has 0 aliphatic rings. The van der Waals surface area contributed by atoms with Gasteiger partial charge in [-0.25, -0.2) is 4.79 Å². The molecule has 1 atom stereocenters. The summed E-state index contributed by atoms with van der Waals surface area (Å²) in [6, 6.07) is 1.52.